The zero-order chi connectivity index (χ0) is 22.1. The number of ether oxygens (including phenoxy) is 1. The molecule has 3 rings (SSSR count). The summed E-state index contributed by atoms with van der Waals surface area (Å²) in [6.07, 6.45) is -0.821. The summed E-state index contributed by atoms with van der Waals surface area (Å²) in [7, 11) is 0. The summed E-state index contributed by atoms with van der Waals surface area (Å²) in [5.41, 5.74) is 1.68. The van der Waals surface area contributed by atoms with Gasteiger partial charge in [-0.15, -0.1) is 24.0 Å². The lowest BCUT2D eigenvalue weighted by Crippen LogP contribution is -2.52. The number of aromatic nitrogens is 2. The van der Waals surface area contributed by atoms with Crippen molar-refractivity contribution >= 4 is 35.9 Å². The fourth-order valence-electron chi connectivity index (χ4n) is 3.19. The van der Waals surface area contributed by atoms with Crippen molar-refractivity contribution in [3.05, 3.63) is 53.9 Å². The summed E-state index contributed by atoms with van der Waals surface area (Å²) in [6.45, 7) is 5.18. The molecule has 1 aromatic heterocycles. The first-order valence-corrected chi connectivity index (χ1v) is 10.2. The summed E-state index contributed by atoms with van der Waals surface area (Å²) in [4.78, 5) is 17.7. The van der Waals surface area contributed by atoms with Gasteiger partial charge in [-0.2, -0.15) is 13.2 Å². The van der Waals surface area contributed by atoms with E-state index in [1.807, 2.05) is 19.1 Å². The van der Waals surface area contributed by atoms with E-state index in [4.69, 9.17) is 9.73 Å². The second kappa shape index (κ2) is 12.8. The molecule has 0 radical (unpaired) electrons. The lowest BCUT2D eigenvalue weighted by Gasteiger charge is -2.36. The van der Waals surface area contributed by atoms with Crippen molar-refractivity contribution in [2.75, 3.05) is 44.2 Å². The minimum Gasteiger partial charge on any atom is -0.367 e. The molecule has 0 spiro atoms. The normalized spacial score (nSPS) is 14.8. The maximum atomic E-state index is 12.2. The Morgan fingerprint density at radius 1 is 1.06 bits per heavy atom. The van der Waals surface area contributed by atoms with E-state index in [0.717, 1.165) is 50.2 Å². The van der Waals surface area contributed by atoms with Crippen molar-refractivity contribution in [1.82, 2.24) is 20.2 Å². The van der Waals surface area contributed by atoms with Crippen molar-refractivity contribution in [3.63, 3.8) is 0 Å². The van der Waals surface area contributed by atoms with Crippen LogP contribution in [-0.4, -0.2) is 66.3 Å². The molecule has 2 aromatic rings. The second-order valence-electron chi connectivity index (χ2n) is 7.12. The van der Waals surface area contributed by atoms with Crippen molar-refractivity contribution < 1.29 is 17.9 Å². The highest BCUT2D eigenvalue weighted by Crippen LogP contribution is 2.16. The first kappa shape index (κ1) is 26.1. The minimum atomic E-state index is -4.31. The van der Waals surface area contributed by atoms with Crippen LogP contribution in [0.15, 0.2) is 47.7 Å². The second-order valence-corrected chi connectivity index (χ2v) is 7.12. The number of halogens is 4. The number of rotatable bonds is 7. The Kier molecular flexibility index (Phi) is 10.4. The van der Waals surface area contributed by atoms with Gasteiger partial charge in [0.15, 0.2) is 5.96 Å². The first-order valence-electron chi connectivity index (χ1n) is 10.2. The Morgan fingerprint density at radius 2 is 1.69 bits per heavy atom. The van der Waals surface area contributed by atoms with Gasteiger partial charge in [-0.25, -0.2) is 15.0 Å². The lowest BCUT2D eigenvalue weighted by atomic mass is 10.1. The van der Waals surface area contributed by atoms with E-state index in [1.54, 1.807) is 30.6 Å². The molecule has 0 atom stereocenters. The fraction of sp³-hybridized carbons (Fsp3) is 0.476. The van der Waals surface area contributed by atoms with Crippen molar-refractivity contribution in [1.29, 1.82) is 0 Å². The lowest BCUT2D eigenvalue weighted by molar-refractivity contribution is -0.176. The Morgan fingerprint density at radius 3 is 2.28 bits per heavy atom. The average Bonchev–Trinajstić information content (AvgIpc) is 2.77. The Bertz CT molecular complexity index is 828. The van der Waals surface area contributed by atoms with E-state index in [0.29, 0.717) is 12.1 Å². The van der Waals surface area contributed by atoms with Gasteiger partial charge in [-0.05, 0) is 24.1 Å². The molecule has 1 aromatic carbocycles. The number of hydrogen-bond donors (Lipinski definition) is 1. The number of nitrogens with zero attached hydrogens (tertiary/aromatic N) is 5. The highest BCUT2D eigenvalue weighted by molar-refractivity contribution is 14.0. The van der Waals surface area contributed by atoms with E-state index in [-0.39, 0.29) is 30.6 Å². The van der Waals surface area contributed by atoms with Crippen LogP contribution in [0, 0.1) is 0 Å². The molecule has 2 heterocycles. The van der Waals surface area contributed by atoms with Gasteiger partial charge in [0, 0.05) is 45.1 Å². The summed E-state index contributed by atoms with van der Waals surface area (Å²) in [5, 5.41) is 3.33. The third-order valence-corrected chi connectivity index (χ3v) is 4.72. The van der Waals surface area contributed by atoms with Crippen LogP contribution in [0.25, 0.3) is 0 Å². The molecule has 7 nitrogen and oxygen atoms in total. The number of nitrogens with one attached hydrogen (secondary N) is 1. The van der Waals surface area contributed by atoms with Crippen LogP contribution < -0.4 is 10.2 Å². The van der Waals surface area contributed by atoms with Crippen LogP contribution in [0.2, 0.25) is 0 Å². The van der Waals surface area contributed by atoms with E-state index in [1.165, 1.54) is 0 Å². The van der Waals surface area contributed by atoms with Crippen LogP contribution in [0.1, 0.15) is 18.1 Å². The Labute approximate surface area is 203 Å². The van der Waals surface area contributed by atoms with Gasteiger partial charge < -0.3 is 19.9 Å². The molecule has 0 amide bonds. The number of benzene rings is 1. The third kappa shape index (κ3) is 8.41. The van der Waals surface area contributed by atoms with Gasteiger partial charge in [0.1, 0.15) is 6.61 Å². The van der Waals surface area contributed by atoms with E-state index >= 15 is 0 Å². The number of aliphatic imine (C=N–C) groups is 1. The van der Waals surface area contributed by atoms with Crippen LogP contribution in [0.4, 0.5) is 19.1 Å². The zero-order valence-corrected chi connectivity index (χ0v) is 20.2. The predicted molar refractivity (Wildman–Crippen MR) is 128 cm³/mol. The summed E-state index contributed by atoms with van der Waals surface area (Å²) in [6, 6.07) is 9.07. The topological polar surface area (TPSA) is 65.9 Å². The van der Waals surface area contributed by atoms with Crippen molar-refractivity contribution in [2.24, 2.45) is 4.99 Å². The monoisotopic (exact) mass is 564 g/mol. The molecule has 0 aliphatic carbocycles. The van der Waals surface area contributed by atoms with Crippen LogP contribution in [0.3, 0.4) is 0 Å². The zero-order valence-electron chi connectivity index (χ0n) is 17.9. The smallest absolute Gasteiger partial charge is 0.367 e. The van der Waals surface area contributed by atoms with Gasteiger partial charge in [0.05, 0.1) is 13.2 Å². The maximum Gasteiger partial charge on any atom is 0.411 e. The number of hydrogen-bond acceptors (Lipinski definition) is 5. The summed E-state index contributed by atoms with van der Waals surface area (Å²) in [5.74, 6) is 1.58. The molecule has 0 unspecified atom stereocenters. The fourth-order valence-corrected chi connectivity index (χ4v) is 3.19. The minimum absolute atomic E-state index is 0. The van der Waals surface area contributed by atoms with Crippen LogP contribution in [0.5, 0.6) is 0 Å². The van der Waals surface area contributed by atoms with E-state index in [9.17, 15) is 13.2 Å². The first-order chi connectivity index (χ1) is 14.9. The maximum absolute atomic E-state index is 12.2. The van der Waals surface area contributed by atoms with Gasteiger partial charge in [-0.1, -0.05) is 24.3 Å². The molecule has 1 aliphatic heterocycles. The molecule has 176 valence electrons. The van der Waals surface area contributed by atoms with Crippen LogP contribution >= 0.6 is 24.0 Å². The van der Waals surface area contributed by atoms with Gasteiger partial charge in [-0.3, -0.25) is 0 Å². The molecule has 32 heavy (non-hydrogen) atoms. The molecule has 11 heteroatoms. The molecule has 0 bridgehead atoms. The molecule has 1 fully saturated rings. The van der Waals surface area contributed by atoms with E-state index < -0.39 is 12.8 Å². The quantitative estimate of drug-likeness (QED) is 0.316. The van der Waals surface area contributed by atoms with Crippen LogP contribution in [-0.2, 0) is 17.9 Å². The average molecular weight is 564 g/mol. The molecule has 1 N–H and O–H groups in total. The SMILES string of the molecule is CCNC(=NCc1ccc(COCC(F)(F)F)cc1)N1CCN(c2ncccn2)CC1.I. The number of alkyl halides is 3. The molecular formula is C21H28F3IN6O. The van der Waals surface area contributed by atoms with Gasteiger partial charge in [0.25, 0.3) is 0 Å². The Balaban J connectivity index is 0.00000363. The van der Waals surface area contributed by atoms with Gasteiger partial charge >= 0.3 is 6.18 Å². The van der Waals surface area contributed by atoms with Crippen molar-refractivity contribution in [3.8, 4) is 0 Å². The third-order valence-electron chi connectivity index (χ3n) is 4.72. The summed E-state index contributed by atoms with van der Waals surface area (Å²) < 4.78 is 41.2. The molecule has 1 aliphatic rings. The largest absolute Gasteiger partial charge is 0.411 e. The predicted octanol–water partition coefficient (Wildman–Crippen LogP) is 3.46. The number of anilines is 1. The summed E-state index contributed by atoms with van der Waals surface area (Å²) >= 11 is 0. The number of piperazine rings is 1. The van der Waals surface area contributed by atoms with Crippen molar-refractivity contribution in [2.45, 2.75) is 26.3 Å². The van der Waals surface area contributed by atoms with E-state index in [2.05, 4.69) is 25.1 Å². The van der Waals surface area contributed by atoms with Gasteiger partial charge in [0.2, 0.25) is 5.95 Å². The Hall–Kier alpha value is -2.15. The highest BCUT2D eigenvalue weighted by Gasteiger charge is 2.27. The number of guanidine groups is 1. The highest BCUT2D eigenvalue weighted by atomic mass is 127. The molecular weight excluding hydrogens is 536 g/mol. The molecule has 0 saturated carbocycles. The standard InChI is InChI=1S/C21H27F3N6O.HI/c1-2-25-19(29-10-12-30(13-11-29)20-26-8-3-9-27-20)28-14-17-4-6-18(7-5-17)15-31-16-21(22,23)24;/h3-9H,2,10-16H2,1H3,(H,25,28);1H. The molecule has 1 saturated heterocycles.